The van der Waals surface area contributed by atoms with E-state index in [0.29, 0.717) is 0 Å². The quantitative estimate of drug-likeness (QED) is 0.376. The fourth-order valence-corrected chi connectivity index (χ4v) is 1.36. The molecule has 5 nitrogen and oxygen atoms in total. The van der Waals surface area contributed by atoms with Crippen LogP contribution in [0.5, 0.6) is 11.5 Å². The van der Waals surface area contributed by atoms with E-state index in [1.54, 1.807) is 24.3 Å². The summed E-state index contributed by atoms with van der Waals surface area (Å²) in [4.78, 5) is 3.91. The number of pyridine rings is 1. The number of nitrogens with two attached hydrogens (primary N) is 1. The van der Waals surface area contributed by atoms with Gasteiger partial charge >= 0.3 is 0 Å². The number of aromatic nitrogens is 1. The molecule has 0 unspecified atom stereocenters. The molecular formula is C12H10FN3O2. The van der Waals surface area contributed by atoms with E-state index in [-0.39, 0.29) is 23.0 Å². The van der Waals surface area contributed by atoms with Crippen molar-refractivity contribution in [2.45, 2.75) is 0 Å². The predicted molar refractivity (Wildman–Crippen MR) is 63.2 cm³/mol. The topological polar surface area (TPSA) is 80.7 Å². The maximum absolute atomic E-state index is 13.4. The molecule has 0 bridgehead atoms. The van der Waals surface area contributed by atoms with Crippen LogP contribution in [0.2, 0.25) is 0 Å². The average Bonchev–Trinajstić information content (AvgIpc) is 2.41. The molecule has 1 heterocycles. The third-order valence-electron chi connectivity index (χ3n) is 2.18. The van der Waals surface area contributed by atoms with E-state index in [1.807, 2.05) is 0 Å². The van der Waals surface area contributed by atoms with Crippen molar-refractivity contribution in [1.29, 1.82) is 0 Å². The normalized spacial score (nSPS) is 11.3. The molecule has 0 atom stereocenters. The second-order valence-electron chi connectivity index (χ2n) is 3.37. The van der Waals surface area contributed by atoms with E-state index in [9.17, 15) is 4.39 Å². The van der Waals surface area contributed by atoms with Gasteiger partial charge in [-0.3, -0.25) is 0 Å². The molecular weight excluding hydrogens is 237 g/mol. The largest absolute Gasteiger partial charge is 0.452 e. The monoisotopic (exact) mass is 247 g/mol. The van der Waals surface area contributed by atoms with Gasteiger partial charge < -0.3 is 15.7 Å². The van der Waals surface area contributed by atoms with Gasteiger partial charge in [0.1, 0.15) is 0 Å². The lowest BCUT2D eigenvalue weighted by molar-refractivity contribution is 0.318. The summed E-state index contributed by atoms with van der Waals surface area (Å²) < 4.78 is 18.8. The maximum Gasteiger partial charge on any atom is 0.192 e. The maximum atomic E-state index is 13.4. The molecule has 2 aromatic rings. The van der Waals surface area contributed by atoms with Crippen molar-refractivity contribution in [3.05, 3.63) is 54.1 Å². The smallest absolute Gasteiger partial charge is 0.192 e. The van der Waals surface area contributed by atoms with E-state index < -0.39 is 5.82 Å². The van der Waals surface area contributed by atoms with Crippen LogP contribution in [-0.2, 0) is 0 Å². The highest BCUT2D eigenvalue weighted by Crippen LogP contribution is 2.25. The number of amidine groups is 1. The van der Waals surface area contributed by atoms with Gasteiger partial charge in [0.05, 0.1) is 0 Å². The molecule has 0 aliphatic heterocycles. The molecule has 0 aliphatic rings. The second kappa shape index (κ2) is 5.13. The van der Waals surface area contributed by atoms with Crippen LogP contribution in [0.3, 0.4) is 0 Å². The standard InChI is InChI=1S/C12H10FN3O2/c13-8-4-1-2-5-9(8)18-10-6-3-7-15-11(10)12(14)16-17/h1-7,17H,(H2,14,16). The molecule has 1 aromatic carbocycles. The van der Waals surface area contributed by atoms with Crippen LogP contribution in [0.15, 0.2) is 47.8 Å². The van der Waals surface area contributed by atoms with Gasteiger partial charge in [-0.15, -0.1) is 0 Å². The molecule has 92 valence electrons. The van der Waals surface area contributed by atoms with Crippen LogP contribution in [0, 0.1) is 5.82 Å². The Morgan fingerprint density at radius 2 is 1.94 bits per heavy atom. The number of hydrogen-bond donors (Lipinski definition) is 2. The van der Waals surface area contributed by atoms with Gasteiger partial charge in [0, 0.05) is 6.20 Å². The molecule has 2 rings (SSSR count). The number of rotatable bonds is 3. The Morgan fingerprint density at radius 3 is 2.67 bits per heavy atom. The molecule has 0 aliphatic carbocycles. The number of oxime groups is 1. The van der Waals surface area contributed by atoms with Crippen LogP contribution in [0.25, 0.3) is 0 Å². The summed E-state index contributed by atoms with van der Waals surface area (Å²) in [6, 6.07) is 9.08. The van der Waals surface area contributed by atoms with Crippen molar-refractivity contribution >= 4 is 5.84 Å². The van der Waals surface area contributed by atoms with Gasteiger partial charge in [0.2, 0.25) is 0 Å². The van der Waals surface area contributed by atoms with Crippen molar-refractivity contribution in [3.63, 3.8) is 0 Å². The summed E-state index contributed by atoms with van der Waals surface area (Å²) in [5.74, 6) is -0.468. The lowest BCUT2D eigenvalue weighted by atomic mass is 10.3. The zero-order valence-corrected chi connectivity index (χ0v) is 9.25. The lowest BCUT2D eigenvalue weighted by Gasteiger charge is -2.09. The van der Waals surface area contributed by atoms with Crippen molar-refractivity contribution in [2.75, 3.05) is 0 Å². The second-order valence-corrected chi connectivity index (χ2v) is 3.37. The number of ether oxygens (including phenoxy) is 1. The van der Waals surface area contributed by atoms with Crippen LogP contribution >= 0.6 is 0 Å². The fourth-order valence-electron chi connectivity index (χ4n) is 1.36. The summed E-state index contributed by atoms with van der Waals surface area (Å²) >= 11 is 0. The molecule has 0 spiro atoms. The first kappa shape index (κ1) is 11.8. The molecule has 0 radical (unpaired) electrons. The van der Waals surface area contributed by atoms with Gasteiger partial charge in [-0.2, -0.15) is 0 Å². The Morgan fingerprint density at radius 1 is 1.22 bits per heavy atom. The summed E-state index contributed by atoms with van der Waals surface area (Å²) in [5.41, 5.74) is 5.59. The summed E-state index contributed by atoms with van der Waals surface area (Å²) in [7, 11) is 0. The Kier molecular flexibility index (Phi) is 3.38. The molecule has 0 saturated carbocycles. The third kappa shape index (κ3) is 2.37. The van der Waals surface area contributed by atoms with Crippen molar-refractivity contribution in [2.24, 2.45) is 10.9 Å². The first-order valence-electron chi connectivity index (χ1n) is 5.07. The zero-order valence-electron chi connectivity index (χ0n) is 9.25. The van der Waals surface area contributed by atoms with E-state index in [1.165, 1.54) is 18.3 Å². The minimum atomic E-state index is -0.508. The Hall–Kier alpha value is -2.63. The number of benzene rings is 1. The van der Waals surface area contributed by atoms with Crippen molar-refractivity contribution in [1.82, 2.24) is 4.98 Å². The molecule has 3 N–H and O–H groups in total. The Bertz CT molecular complexity index is 587. The first-order valence-corrected chi connectivity index (χ1v) is 5.07. The summed E-state index contributed by atoms with van der Waals surface area (Å²) in [6.07, 6.45) is 1.46. The first-order chi connectivity index (χ1) is 8.72. The number of nitrogens with zero attached hydrogens (tertiary/aromatic N) is 2. The van der Waals surface area contributed by atoms with Crippen LogP contribution < -0.4 is 10.5 Å². The summed E-state index contributed by atoms with van der Waals surface area (Å²) in [6.45, 7) is 0. The van der Waals surface area contributed by atoms with Gasteiger partial charge in [-0.1, -0.05) is 17.3 Å². The molecule has 0 saturated heterocycles. The molecule has 6 heteroatoms. The van der Waals surface area contributed by atoms with E-state index >= 15 is 0 Å². The fraction of sp³-hybridized carbons (Fsp3) is 0. The van der Waals surface area contributed by atoms with Gasteiger partial charge in [-0.25, -0.2) is 9.37 Å². The highest BCUT2D eigenvalue weighted by atomic mass is 19.1. The van der Waals surface area contributed by atoms with Crippen LogP contribution in [0.1, 0.15) is 5.69 Å². The van der Waals surface area contributed by atoms with E-state index in [4.69, 9.17) is 15.7 Å². The van der Waals surface area contributed by atoms with Gasteiger partial charge in [0.25, 0.3) is 0 Å². The molecule has 1 aromatic heterocycles. The van der Waals surface area contributed by atoms with Crippen LogP contribution in [-0.4, -0.2) is 16.0 Å². The highest BCUT2D eigenvalue weighted by Gasteiger charge is 2.12. The summed E-state index contributed by atoms with van der Waals surface area (Å²) in [5, 5.41) is 11.5. The molecule has 18 heavy (non-hydrogen) atoms. The van der Waals surface area contributed by atoms with Gasteiger partial charge in [-0.05, 0) is 24.3 Å². The van der Waals surface area contributed by atoms with Crippen molar-refractivity contribution in [3.8, 4) is 11.5 Å². The van der Waals surface area contributed by atoms with Gasteiger partial charge in [0.15, 0.2) is 28.8 Å². The minimum Gasteiger partial charge on any atom is -0.452 e. The third-order valence-corrected chi connectivity index (χ3v) is 2.18. The van der Waals surface area contributed by atoms with E-state index in [0.717, 1.165) is 0 Å². The number of halogens is 1. The number of para-hydroxylation sites is 1. The zero-order chi connectivity index (χ0) is 13.0. The lowest BCUT2D eigenvalue weighted by Crippen LogP contribution is -2.16. The Labute approximate surface area is 102 Å². The SMILES string of the molecule is N/C(=N/O)c1ncccc1Oc1ccccc1F. The molecule has 0 amide bonds. The average molecular weight is 247 g/mol. The highest BCUT2D eigenvalue weighted by molar-refractivity contribution is 5.97. The van der Waals surface area contributed by atoms with Crippen LogP contribution in [0.4, 0.5) is 4.39 Å². The van der Waals surface area contributed by atoms with Crippen molar-refractivity contribution < 1.29 is 14.3 Å². The predicted octanol–water partition coefficient (Wildman–Crippen LogP) is 2.11. The minimum absolute atomic E-state index is 0.0393. The Balaban J connectivity index is 2.38. The van der Waals surface area contributed by atoms with E-state index in [2.05, 4.69) is 10.1 Å². The molecule has 0 fully saturated rings. The number of hydrogen-bond acceptors (Lipinski definition) is 4.